The molecule has 2 saturated heterocycles. The van der Waals surface area contributed by atoms with Gasteiger partial charge in [-0.1, -0.05) is 17.7 Å². The minimum atomic E-state index is -4.14. The van der Waals surface area contributed by atoms with E-state index in [0.29, 0.717) is 45.1 Å². The number of nitrogens with two attached hydrogens (primary N) is 1. The van der Waals surface area contributed by atoms with Gasteiger partial charge in [-0.25, -0.2) is 0 Å². The Morgan fingerprint density at radius 1 is 1.21 bits per heavy atom. The molecule has 2 N–H and O–H groups in total. The predicted molar refractivity (Wildman–Crippen MR) is 105 cm³/mol. The number of carbonyl (C=O) groups excluding carboxylic acids is 1. The van der Waals surface area contributed by atoms with Crippen molar-refractivity contribution < 1.29 is 22.1 Å². The van der Waals surface area contributed by atoms with Crippen LogP contribution in [0.5, 0.6) is 0 Å². The summed E-state index contributed by atoms with van der Waals surface area (Å²) in [6.45, 7) is 5.63. The highest BCUT2D eigenvalue weighted by atomic mass is 32.2. The van der Waals surface area contributed by atoms with E-state index >= 15 is 0 Å². The number of nitrogens with zero attached hydrogens (tertiary/aromatic N) is 1. The Labute approximate surface area is 167 Å². The molecule has 0 atom stereocenters. The summed E-state index contributed by atoms with van der Waals surface area (Å²) < 4.78 is 35.8. The van der Waals surface area contributed by atoms with Crippen LogP contribution in [0.3, 0.4) is 0 Å². The highest BCUT2D eigenvalue weighted by molar-refractivity contribution is 7.87. The zero-order chi connectivity index (χ0) is 20.2. The minimum absolute atomic E-state index is 0.00239. The highest BCUT2D eigenvalue weighted by Gasteiger charge is 2.45. The molecule has 2 fully saturated rings. The molecule has 8 heteroatoms. The number of hydrogen-bond acceptors (Lipinski definition) is 7. The summed E-state index contributed by atoms with van der Waals surface area (Å²) in [4.78, 5) is 15.3. The monoisotopic (exact) mass is 410 g/mol. The van der Waals surface area contributed by atoms with E-state index in [0.717, 1.165) is 31.5 Å². The second-order valence-corrected chi connectivity index (χ2v) is 9.53. The smallest absolute Gasteiger partial charge is 0.341 e. The van der Waals surface area contributed by atoms with Crippen molar-refractivity contribution in [1.82, 2.24) is 4.90 Å². The normalized spacial score (nSPS) is 21.4. The van der Waals surface area contributed by atoms with Gasteiger partial charge in [0.25, 0.3) is 0 Å². The Morgan fingerprint density at radius 2 is 1.82 bits per heavy atom. The van der Waals surface area contributed by atoms with Crippen LogP contribution < -0.4 is 5.73 Å². The van der Waals surface area contributed by atoms with Gasteiger partial charge in [-0.3, -0.25) is 4.79 Å². The summed E-state index contributed by atoms with van der Waals surface area (Å²) in [5, 5.41) is 0. The summed E-state index contributed by atoms with van der Waals surface area (Å²) in [7, 11) is -4.14. The summed E-state index contributed by atoms with van der Waals surface area (Å²) in [5.74, 6) is -0.145. The van der Waals surface area contributed by atoms with Gasteiger partial charge in [-0.15, -0.1) is 0 Å². The summed E-state index contributed by atoms with van der Waals surface area (Å²) >= 11 is 0. The van der Waals surface area contributed by atoms with Crippen molar-refractivity contribution in [2.45, 2.75) is 37.5 Å². The van der Waals surface area contributed by atoms with Crippen LogP contribution in [0.25, 0.3) is 0 Å². The first-order valence-corrected chi connectivity index (χ1v) is 11.3. The number of likely N-dealkylation sites (tertiary alicyclic amines) is 1. The molecule has 2 aliphatic heterocycles. The van der Waals surface area contributed by atoms with Crippen molar-refractivity contribution in [1.29, 1.82) is 0 Å². The van der Waals surface area contributed by atoms with Crippen LogP contribution in [0.15, 0.2) is 29.2 Å². The minimum Gasteiger partial charge on any atom is -0.381 e. The van der Waals surface area contributed by atoms with E-state index in [2.05, 4.69) is 4.90 Å². The Bertz CT molecular complexity index is 764. The molecule has 2 aliphatic rings. The molecule has 28 heavy (non-hydrogen) atoms. The first-order chi connectivity index (χ1) is 13.3. The van der Waals surface area contributed by atoms with E-state index in [9.17, 15) is 13.2 Å². The van der Waals surface area contributed by atoms with Gasteiger partial charge in [0.05, 0.1) is 5.41 Å². The zero-order valence-electron chi connectivity index (χ0n) is 16.4. The van der Waals surface area contributed by atoms with E-state index in [1.165, 1.54) is 12.1 Å². The van der Waals surface area contributed by atoms with Crippen LogP contribution in [-0.2, 0) is 23.8 Å². The van der Waals surface area contributed by atoms with Gasteiger partial charge in [0.15, 0.2) is 0 Å². The molecule has 0 unspecified atom stereocenters. The topological polar surface area (TPSA) is 98.9 Å². The van der Waals surface area contributed by atoms with E-state index in [1.54, 1.807) is 12.1 Å². The molecule has 1 aromatic rings. The number of aryl methyl sites for hydroxylation is 1. The Balaban J connectivity index is 1.73. The largest absolute Gasteiger partial charge is 0.381 e. The molecule has 156 valence electrons. The molecule has 0 amide bonds. The van der Waals surface area contributed by atoms with E-state index in [4.69, 9.17) is 14.7 Å². The van der Waals surface area contributed by atoms with Crippen molar-refractivity contribution in [2.75, 3.05) is 39.4 Å². The fourth-order valence-electron chi connectivity index (χ4n) is 3.94. The third kappa shape index (κ3) is 4.92. The average Bonchev–Trinajstić information content (AvgIpc) is 2.69. The molecular weight excluding hydrogens is 380 g/mol. The number of piperidine rings is 1. The molecule has 0 saturated carbocycles. The molecule has 2 heterocycles. The van der Waals surface area contributed by atoms with Crippen LogP contribution in [0.4, 0.5) is 0 Å². The van der Waals surface area contributed by atoms with Gasteiger partial charge >= 0.3 is 16.1 Å². The Hall–Kier alpha value is -1.48. The van der Waals surface area contributed by atoms with Crippen molar-refractivity contribution in [3.8, 4) is 0 Å². The second kappa shape index (κ2) is 8.90. The molecule has 7 nitrogen and oxygen atoms in total. The number of benzene rings is 1. The second-order valence-electron chi connectivity index (χ2n) is 7.99. The van der Waals surface area contributed by atoms with Crippen molar-refractivity contribution >= 4 is 16.1 Å². The predicted octanol–water partition coefficient (Wildman–Crippen LogP) is 1.69. The standard InChI is InChI=1S/C20H30N2O5S/c1-16-2-4-18(5-3-16)28(24,25)27-19(23)20(8-12-26-13-9-20)15-22-10-6-17(14-21)7-11-22/h2-5,17H,6-15,21H2,1H3. The van der Waals surface area contributed by atoms with Crippen LogP contribution in [0.1, 0.15) is 31.2 Å². The average molecular weight is 411 g/mol. The molecule has 0 bridgehead atoms. The van der Waals surface area contributed by atoms with Crippen molar-refractivity contribution in [3.05, 3.63) is 29.8 Å². The maximum Gasteiger partial charge on any atom is 0.341 e. The lowest BCUT2D eigenvalue weighted by Gasteiger charge is -2.40. The van der Waals surface area contributed by atoms with Crippen LogP contribution >= 0.6 is 0 Å². The van der Waals surface area contributed by atoms with Gasteiger partial charge in [0.1, 0.15) is 4.90 Å². The first-order valence-electron chi connectivity index (χ1n) is 9.90. The lowest BCUT2D eigenvalue weighted by molar-refractivity contribution is -0.153. The van der Waals surface area contributed by atoms with E-state index in [1.807, 2.05) is 6.92 Å². The van der Waals surface area contributed by atoms with Gasteiger partial charge in [-0.05, 0) is 70.3 Å². The fraction of sp³-hybridized carbons (Fsp3) is 0.650. The molecule has 0 aromatic heterocycles. The SMILES string of the molecule is Cc1ccc(S(=O)(=O)OC(=O)C2(CN3CCC(CN)CC3)CCOCC2)cc1. The quantitative estimate of drug-likeness (QED) is 0.713. The molecule has 0 spiro atoms. The zero-order valence-corrected chi connectivity index (χ0v) is 17.2. The number of hydrogen-bond donors (Lipinski definition) is 1. The summed E-state index contributed by atoms with van der Waals surface area (Å²) in [6, 6.07) is 6.30. The molecule has 0 radical (unpaired) electrons. The lowest BCUT2D eigenvalue weighted by Crippen LogP contribution is -2.50. The number of ether oxygens (including phenoxy) is 1. The van der Waals surface area contributed by atoms with Crippen molar-refractivity contribution in [2.24, 2.45) is 17.1 Å². The third-order valence-corrected chi connectivity index (χ3v) is 7.17. The van der Waals surface area contributed by atoms with Gasteiger partial charge < -0.3 is 19.6 Å². The summed E-state index contributed by atoms with van der Waals surface area (Å²) in [6.07, 6.45) is 2.93. The van der Waals surface area contributed by atoms with Crippen molar-refractivity contribution in [3.63, 3.8) is 0 Å². The van der Waals surface area contributed by atoms with Gasteiger partial charge in [0, 0.05) is 19.8 Å². The van der Waals surface area contributed by atoms with Crippen LogP contribution in [0, 0.1) is 18.3 Å². The fourth-order valence-corrected chi connectivity index (χ4v) is 4.88. The Morgan fingerprint density at radius 3 is 2.39 bits per heavy atom. The van der Waals surface area contributed by atoms with Crippen LogP contribution in [0.2, 0.25) is 0 Å². The molecule has 3 rings (SSSR count). The Kier molecular flexibility index (Phi) is 6.75. The number of carbonyl (C=O) groups is 1. The van der Waals surface area contributed by atoms with Gasteiger partial charge in [-0.2, -0.15) is 8.42 Å². The molecule has 1 aromatic carbocycles. The molecular formula is C20H30N2O5S. The maximum absolute atomic E-state index is 13.1. The lowest BCUT2D eigenvalue weighted by atomic mass is 9.79. The summed E-state index contributed by atoms with van der Waals surface area (Å²) in [5.41, 5.74) is 5.85. The third-order valence-electron chi connectivity index (χ3n) is 5.94. The highest BCUT2D eigenvalue weighted by Crippen LogP contribution is 2.35. The van der Waals surface area contributed by atoms with E-state index in [-0.39, 0.29) is 4.90 Å². The van der Waals surface area contributed by atoms with Gasteiger partial charge in [0.2, 0.25) is 0 Å². The van der Waals surface area contributed by atoms with Crippen LogP contribution in [-0.4, -0.2) is 58.7 Å². The molecule has 0 aliphatic carbocycles. The maximum atomic E-state index is 13.1. The number of rotatable bonds is 6. The van der Waals surface area contributed by atoms with E-state index < -0.39 is 21.5 Å². The first kappa shape index (κ1) is 21.2.